The van der Waals surface area contributed by atoms with Crippen LogP contribution in [0.15, 0.2) is 0 Å². The van der Waals surface area contributed by atoms with Crippen LogP contribution in [0.25, 0.3) is 0 Å². The van der Waals surface area contributed by atoms with Gasteiger partial charge in [-0.05, 0) is 19.8 Å². The maximum absolute atomic E-state index is 12.0. The Balaban J connectivity index is 2.78. The molecular formula is C12H19N3O3S. The van der Waals surface area contributed by atoms with Gasteiger partial charge in [-0.25, -0.2) is 4.98 Å². The molecule has 1 aromatic heterocycles. The zero-order valence-corrected chi connectivity index (χ0v) is 12.1. The lowest BCUT2D eigenvalue weighted by atomic mass is 9.82. The Labute approximate surface area is 116 Å². The summed E-state index contributed by atoms with van der Waals surface area (Å²) in [5.41, 5.74) is 5.18. The molecule has 19 heavy (non-hydrogen) atoms. The minimum Gasteiger partial charge on any atom is -0.481 e. The number of hydrogen-bond donors (Lipinski definition) is 3. The molecule has 4 N–H and O–H groups in total. The van der Waals surface area contributed by atoms with Crippen LogP contribution < -0.4 is 11.1 Å². The van der Waals surface area contributed by atoms with Crippen LogP contribution in [0, 0.1) is 12.3 Å². The molecule has 0 aliphatic heterocycles. The number of aliphatic carboxylic acids is 1. The molecule has 1 rings (SSSR count). The topological polar surface area (TPSA) is 105 Å². The Morgan fingerprint density at radius 1 is 1.42 bits per heavy atom. The van der Waals surface area contributed by atoms with Gasteiger partial charge < -0.3 is 16.2 Å². The van der Waals surface area contributed by atoms with E-state index >= 15 is 0 Å². The van der Waals surface area contributed by atoms with Crippen molar-refractivity contribution in [2.45, 2.75) is 33.6 Å². The average molecular weight is 285 g/mol. The molecule has 0 atom stereocenters. The number of thiazole rings is 1. The number of carbonyl (C=O) groups is 2. The number of anilines is 1. The fourth-order valence-electron chi connectivity index (χ4n) is 1.84. The van der Waals surface area contributed by atoms with Crippen molar-refractivity contribution >= 4 is 28.3 Å². The Hall–Kier alpha value is -1.63. The van der Waals surface area contributed by atoms with Crippen LogP contribution in [0.2, 0.25) is 0 Å². The average Bonchev–Trinajstić information content (AvgIpc) is 2.69. The first-order chi connectivity index (χ1) is 8.86. The number of rotatable bonds is 6. The van der Waals surface area contributed by atoms with Gasteiger partial charge in [0, 0.05) is 6.54 Å². The predicted octanol–water partition coefficient (Wildman–Crippen LogP) is 1.65. The third-order valence-electron chi connectivity index (χ3n) is 3.41. The molecule has 0 radical (unpaired) electrons. The normalized spacial score (nSPS) is 11.3. The highest BCUT2D eigenvalue weighted by Crippen LogP contribution is 2.26. The first kappa shape index (κ1) is 15.4. The van der Waals surface area contributed by atoms with Crippen molar-refractivity contribution in [2.24, 2.45) is 5.41 Å². The second kappa shape index (κ2) is 6.01. The highest BCUT2D eigenvalue weighted by Gasteiger charge is 2.35. The molecule has 0 fully saturated rings. The van der Waals surface area contributed by atoms with Gasteiger partial charge in [0.2, 0.25) is 0 Å². The van der Waals surface area contributed by atoms with Gasteiger partial charge in [0.05, 0.1) is 11.1 Å². The molecule has 1 aromatic rings. The van der Waals surface area contributed by atoms with E-state index < -0.39 is 11.4 Å². The van der Waals surface area contributed by atoms with Gasteiger partial charge in [-0.3, -0.25) is 9.59 Å². The minimum atomic E-state index is -0.917. The van der Waals surface area contributed by atoms with E-state index in [1.807, 2.05) is 0 Å². The third kappa shape index (κ3) is 3.23. The Bertz CT molecular complexity index is 481. The predicted molar refractivity (Wildman–Crippen MR) is 74.2 cm³/mol. The lowest BCUT2D eigenvalue weighted by Gasteiger charge is -2.26. The van der Waals surface area contributed by atoms with Crippen LogP contribution in [-0.2, 0) is 4.79 Å². The van der Waals surface area contributed by atoms with E-state index in [9.17, 15) is 14.7 Å². The molecule has 106 valence electrons. The largest absolute Gasteiger partial charge is 0.481 e. The smallest absolute Gasteiger partial charge is 0.311 e. The molecular weight excluding hydrogens is 266 g/mol. The first-order valence-electron chi connectivity index (χ1n) is 6.10. The summed E-state index contributed by atoms with van der Waals surface area (Å²) in [7, 11) is 0. The molecule has 1 heterocycles. The van der Waals surface area contributed by atoms with Gasteiger partial charge >= 0.3 is 5.97 Å². The minimum absolute atomic E-state index is 0.103. The number of aryl methyl sites for hydroxylation is 1. The van der Waals surface area contributed by atoms with E-state index in [4.69, 9.17) is 5.73 Å². The fourth-order valence-corrected chi connectivity index (χ4v) is 2.59. The molecule has 0 spiro atoms. The van der Waals surface area contributed by atoms with Crippen molar-refractivity contribution < 1.29 is 14.7 Å². The van der Waals surface area contributed by atoms with E-state index in [2.05, 4.69) is 10.3 Å². The number of carboxylic acids is 1. The lowest BCUT2D eigenvalue weighted by molar-refractivity contribution is -0.149. The SMILES string of the molecule is CCC(CC)(CNC(=O)c1sc(N)nc1C)C(=O)O. The number of nitrogens with one attached hydrogen (secondary N) is 1. The highest BCUT2D eigenvalue weighted by atomic mass is 32.1. The fraction of sp³-hybridized carbons (Fsp3) is 0.583. The summed E-state index contributed by atoms with van der Waals surface area (Å²) in [5.74, 6) is -1.21. The van der Waals surface area contributed by atoms with Crippen LogP contribution in [0.4, 0.5) is 5.13 Å². The Morgan fingerprint density at radius 3 is 2.37 bits per heavy atom. The summed E-state index contributed by atoms with van der Waals surface area (Å²) < 4.78 is 0. The van der Waals surface area contributed by atoms with Gasteiger partial charge in [-0.15, -0.1) is 0 Å². The number of hydrogen-bond acceptors (Lipinski definition) is 5. The number of aromatic nitrogens is 1. The van der Waals surface area contributed by atoms with Crippen molar-refractivity contribution in [3.05, 3.63) is 10.6 Å². The summed E-state index contributed by atoms with van der Waals surface area (Å²) in [6.45, 7) is 5.41. The van der Waals surface area contributed by atoms with Gasteiger partial charge in [-0.2, -0.15) is 0 Å². The number of amides is 1. The monoisotopic (exact) mass is 285 g/mol. The van der Waals surface area contributed by atoms with E-state index in [1.54, 1.807) is 20.8 Å². The van der Waals surface area contributed by atoms with Gasteiger partial charge in [-0.1, -0.05) is 25.2 Å². The van der Waals surface area contributed by atoms with Crippen molar-refractivity contribution in [1.82, 2.24) is 10.3 Å². The molecule has 1 amide bonds. The zero-order valence-electron chi connectivity index (χ0n) is 11.3. The van der Waals surface area contributed by atoms with Crippen LogP contribution in [0.3, 0.4) is 0 Å². The molecule has 6 nitrogen and oxygen atoms in total. The first-order valence-corrected chi connectivity index (χ1v) is 6.92. The Morgan fingerprint density at radius 2 is 2.00 bits per heavy atom. The van der Waals surface area contributed by atoms with E-state index in [-0.39, 0.29) is 12.5 Å². The zero-order chi connectivity index (χ0) is 14.6. The second-order valence-electron chi connectivity index (χ2n) is 4.44. The van der Waals surface area contributed by atoms with Crippen LogP contribution in [0.5, 0.6) is 0 Å². The van der Waals surface area contributed by atoms with Crippen LogP contribution in [-0.4, -0.2) is 28.5 Å². The second-order valence-corrected chi connectivity index (χ2v) is 5.47. The van der Waals surface area contributed by atoms with Crippen molar-refractivity contribution in [3.8, 4) is 0 Å². The number of carbonyl (C=O) groups excluding carboxylic acids is 1. The highest BCUT2D eigenvalue weighted by molar-refractivity contribution is 7.17. The molecule has 0 bridgehead atoms. The molecule has 0 aliphatic rings. The van der Waals surface area contributed by atoms with Gasteiger partial charge in [0.15, 0.2) is 5.13 Å². The molecule has 0 saturated heterocycles. The molecule has 0 unspecified atom stereocenters. The van der Waals surface area contributed by atoms with Crippen molar-refractivity contribution in [1.29, 1.82) is 0 Å². The standard InChI is InChI=1S/C12H19N3O3S/c1-4-12(5-2,10(17)18)6-14-9(16)8-7(3)15-11(13)19-8/h4-6H2,1-3H3,(H2,13,15)(H,14,16)(H,17,18). The summed E-state index contributed by atoms with van der Waals surface area (Å²) in [6, 6.07) is 0. The maximum Gasteiger partial charge on any atom is 0.311 e. The van der Waals surface area contributed by atoms with Gasteiger partial charge in [0.1, 0.15) is 4.88 Å². The number of nitrogens with zero attached hydrogens (tertiary/aromatic N) is 1. The molecule has 0 aliphatic carbocycles. The number of nitrogens with two attached hydrogens (primary N) is 1. The number of nitrogen functional groups attached to an aromatic ring is 1. The summed E-state index contributed by atoms with van der Waals surface area (Å²) in [5, 5.41) is 12.3. The third-order valence-corrected chi connectivity index (χ3v) is 4.40. The maximum atomic E-state index is 12.0. The van der Waals surface area contributed by atoms with E-state index in [1.165, 1.54) is 0 Å². The van der Waals surface area contributed by atoms with Crippen molar-refractivity contribution in [3.63, 3.8) is 0 Å². The molecule has 0 aromatic carbocycles. The van der Waals surface area contributed by atoms with Gasteiger partial charge in [0.25, 0.3) is 5.91 Å². The summed E-state index contributed by atoms with van der Waals surface area (Å²) in [6.07, 6.45) is 0.922. The summed E-state index contributed by atoms with van der Waals surface area (Å²) in [4.78, 5) is 27.7. The van der Waals surface area contributed by atoms with Crippen LogP contribution in [0.1, 0.15) is 42.1 Å². The van der Waals surface area contributed by atoms with E-state index in [0.717, 1.165) is 11.3 Å². The number of carboxylic acid groups (broad SMARTS) is 1. The summed E-state index contributed by atoms with van der Waals surface area (Å²) >= 11 is 1.10. The Kier molecular flexibility index (Phi) is 4.88. The lowest BCUT2D eigenvalue weighted by Crippen LogP contribution is -2.42. The quantitative estimate of drug-likeness (QED) is 0.737. The van der Waals surface area contributed by atoms with Crippen LogP contribution >= 0.6 is 11.3 Å². The van der Waals surface area contributed by atoms with Crippen molar-refractivity contribution in [2.75, 3.05) is 12.3 Å². The molecule has 7 heteroatoms. The molecule has 0 saturated carbocycles. The van der Waals surface area contributed by atoms with E-state index in [0.29, 0.717) is 28.5 Å².